The van der Waals surface area contributed by atoms with Crippen LogP contribution in [-0.2, 0) is 4.74 Å². The Balaban J connectivity index is 2.08. The van der Waals surface area contributed by atoms with Gasteiger partial charge in [0.2, 0.25) is 0 Å². The number of hydrogen-bond donors (Lipinski definition) is 0. The first-order chi connectivity index (χ1) is 13.8. The van der Waals surface area contributed by atoms with Crippen LogP contribution in [0.3, 0.4) is 0 Å². The van der Waals surface area contributed by atoms with Crippen molar-refractivity contribution in [1.82, 2.24) is 9.88 Å². The molecule has 2 heterocycles. The Bertz CT molecular complexity index is 814. The molecule has 1 aromatic heterocycles. The fourth-order valence-corrected chi connectivity index (χ4v) is 3.96. The van der Waals surface area contributed by atoms with E-state index in [1.54, 1.807) is 11.1 Å². The molecule has 156 valence electrons. The molecule has 5 heteroatoms. The molecule has 0 saturated carbocycles. The summed E-state index contributed by atoms with van der Waals surface area (Å²) >= 11 is 0. The molecule has 2 aromatic rings. The zero-order valence-electron chi connectivity index (χ0n) is 18.3. The third-order valence-electron chi connectivity index (χ3n) is 5.19. The van der Waals surface area contributed by atoms with Crippen LogP contribution in [0.2, 0.25) is 0 Å². The smallest absolute Gasteiger partial charge is 0.420 e. The van der Waals surface area contributed by atoms with E-state index in [4.69, 9.17) is 4.74 Å². The second-order valence-electron chi connectivity index (χ2n) is 8.91. The predicted molar refractivity (Wildman–Crippen MR) is 117 cm³/mol. The van der Waals surface area contributed by atoms with Crippen LogP contribution in [0.1, 0.15) is 65.5 Å². The fraction of sp³-hybridized carbons (Fsp3) is 0.500. The maximum absolute atomic E-state index is 13.3. The molecule has 3 rings (SSSR count). The number of anilines is 2. The number of para-hydroxylation sites is 1. The lowest BCUT2D eigenvalue weighted by Gasteiger charge is -2.40. The summed E-state index contributed by atoms with van der Waals surface area (Å²) in [5, 5.41) is 0. The van der Waals surface area contributed by atoms with Crippen molar-refractivity contribution in [3.63, 3.8) is 0 Å². The van der Waals surface area contributed by atoms with Crippen LogP contribution in [0.4, 0.5) is 16.3 Å². The zero-order chi connectivity index (χ0) is 21.0. The van der Waals surface area contributed by atoms with Crippen LogP contribution in [0, 0.1) is 0 Å². The van der Waals surface area contributed by atoms with Crippen molar-refractivity contribution in [2.45, 2.75) is 71.6 Å². The Morgan fingerprint density at radius 2 is 1.86 bits per heavy atom. The van der Waals surface area contributed by atoms with Crippen LogP contribution in [-0.4, -0.2) is 34.2 Å². The molecular formula is C24H33N3O2. The molecule has 1 aromatic carbocycles. The Kier molecular flexibility index (Phi) is 6.58. The maximum atomic E-state index is 13.3. The molecule has 0 bridgehead atoms. The third-order valence-corrected chi connectivity index (χ3v) is 5.19. The molecule has 5 nitrogen and oxygen atoms in total. The highest BCUT2D eigenvalue weighted by atomic mass is 16.6. The van der Waals surface area contributed by atoms with Crippen LogP contribution in [0.25, 0.3) is 0 Å². The van der Waals surface area contributed by atoms with E-state index in [1.807, 2.05) is 57.2 Å². The molecule has 0 aliphatic carbocycles. The van der Waals surface area contributed by atoms with Gasteiger partial charge in [-0.2, -0.15) is 0 Å². The number of nitrogens with zero attached hydrogens (tertiary/aromatic N) is 3. The number of piperidine rings is 1. The first-order valence-electron chi connectivity index (χ1n) is 10.6. The van der Waals surface area contributed by atoms with Gasteiger partial charge >= 0.3 is 6.09 Å². The lowest BCUT2D eigenvalue weighted by atomic mass is 9.94. The number of benzene rings is 1. The van der Waals surface area contributed by atoms with Gasteiger partial charge in [0, 0.05) is 23.8 Å². The van der Waals surface area contributed by atoms with Gasteiger partial charge in [-0.25, -0.2) is 14.7 Å². The molecule has 1 saturated heterocycles. The monoisotopic (exact) mass is 395 g/mol. The molecular weight excluding hydrogens is 362 g/mol. The Labute approximate surface area is 174 Å². The normalized spacial score (nSPS) is 17.9. The SMILES string of the molecule is CC(C)N1CCCC[C@@H]1c1cccnc1N(C(=O)OC(C)(C)C)c1ccccc1. The minimum atomic E-state index is -0.589. The van der Waals surface area contributed by atoms with Gasteiger partial charge in [-0.15, -0.1) is 0 Å². The van der Waals surface area contributed by atoms with Crippen LogP contribution >= 0.6 is 0 Å². The first kappa shape index (κ1) is 21.3. The number of pyridine rings is 1. The molecule has 0 unspecified atom stereocenters. The van der Waals surface area contributed by atoms with Gasteiger partial charge in [0.15, 0.2) is 0 Å². The number of carbonyl (C=O) groups is 1. The molecule has 0 radical (unpaired) electrons. The maximum Gasteiger partial charge on any atom is 0.420 e. The molecule has 1 aliphatic heterocycles. The minimum absolute atomic E-state index is 0.237. The summed E-state index contributed by atoms with van der Waals surface area (Å²) in [7, 11) is 0. The summed E-state index contributed by atoms with van der Waals surface area (Å²) in [5.41, 5.74) is 1.25. The van der Waals surface area contributed by atoms with Gasteiger partial charge in [0.05, 0.1) is 5.69 Å². The summed E-state index contributed by atoms with van der Waals surface area (Å²) < 4.78 is 5.76. The fourth-order valence-electron chi connectivity index (χ4n) is 3.96. The van der Waals surface area contributed by atoms with Crippen LogP contribution in [0.5, 0.6) is 0 Å². The van der Waals surface area contributed by atoms with E-state index in [1.165, 1.54) is 12.8 Å². The molecule has 0 N–H and O–H groups in total. The Morgan fingerprint density at radius 3 is 2.52 bits per heavy atom. The van der Waals surface area contributed by atoms with E-state index >= 15 is 0 Å². The summed E-state index contributed by atoms with van der Waals surface area (Å²) in [6.07, 6.45) is 4.80. The Morgan fingerprint density at radius 1 is 1.14 bits per heavy atom. The quantitative estimate of drug-likeness (QED) is 0.628. The molecule has 1 aliphatic rings. The number of carbonyl (C=O) groups excluding carboxylic acids is 1. The second-order valence-corrected chi connectivity index (χ2v) is 8.91. The van der Waals surface area contributed by atoms with Crippen molar-refractivity contribution in [2.24, 2.45) is 0 Å². The highest BCUT2D eigenvalue weighted by Crippen LogP contribution is 2.39. The summed E-state index contributed by atoms with van der Waals surface area (Å²) in [6.45, 7) is 11.2. The average molecular weight is 396 g/mol. The molecule has 1 amide bonds. The summed E-state index contributed by atoms with van der Waals surface area (Å²) in [5.74, 6) is 0.658. The molecule has 1 fully saturated rings. The molecule has 29 heavy (non-hydrogen) atoms. The van der Waals surface area contributed by atoms with Gasteiger partial charge in [-0.1, -0.05) is 30.7 Å². The first-order valence-corrected chi connectivity index (χ1v) is 10.6. The van der Waals surface area contributed by atoms with Gasteiger partial charge in [-0.3, -0.25) is 4.90 Å². The van der Waals surface area contributed by atoms with Crippen molar-refractivity contribution >= 4 is 17.6 Å². The predicted octanol–water partition coefficient (Wildman–Crippen LogP) is 6.09. The lowest BCUT2D eigenvalue weighted by molar-refractivity contribution is 0.0596. The van der Waals surface area contributed by atoms with Crippen molar-refractivity contribution in [1.29, 1.82) is 0 Å². The van der Waals surface area contributed by atoms with E-state index in [0.29, 0.717) is 11.9 Å². The van der Waals surface area contributed by atoms with E-state index < -0.39 is 11.7 Å². The van der Waals surface area contributed by atoms with Gasteiger partial charge < -0.3 is 4.74 Å². The number of amides is 1. The zero-order valence-corrected chi connectivity index (χ0v) is 18.3. The third kappa shape index (κ3) is 5.15. The largest absolute Gasteiger partial charge is 0.443 e. The van der Waals surface area contributed by atoms with Crippen molar-refractivity contribution < 1.29 is 9.53 Å². The van der Waals surface area contributed by atoms with E-state index in [2.05, 4.69) is 29.8 Å². The van der Waals surface area contributed by atoms with Crippen LogP contribution in [0.15, 0.2) is 48.7 Å². The number of hydrogen-bond acceptors (Lipinski definition) is 4. The highest BCUT2D eigenvalue weighted by Gasteiger charge is 2.33. The second kappa shape index (κ2) is 8.95. The minimum Gasteiger partial charge on any atom is -0.443 e. The standard InChI is InChI=1S/C24H33N3O2/c1-18(2)26-17-10-9-15-21(26)20-14-11-16-25-22(20)27(19-12-7-6-8-13-19)23(28)29-24(3,4)5/h6-8,11-14,16,18,21H,9-10,15,17H2,1-5H3/t21-/m1/s1. The van der Waals surface area contributed by atoms with Crippen molar-refractivity contribution in [3.8, 4) is 0 Å². The summed E-state index contributed by atoms with van der Waals surface area (Å²) in [6, 6.07) is 14.4. The topological polar surface area (TPSA) is 45.7 Å². The van der Waals surface area contributed by atoms with Gasteiger partial charge in [0.25, 0.3) is 0 Å². The van der Waals surface area contributed by atoms with Gasteiger partial charge in [-0.05, 0) is 72.2 Å². The van der Waals surface area contributed by atoms with Crippen molar-refractivity contribution in [2.75, 3.05) is 11.4 Å². The molecule has 1 atom stereocenters. The van der Waals surface area contributed by atoms with Crippen LogP contribution < -0.4 is 4.90 Å². The van der Waals surface area contributed by atoms with Gasteiger partial charge in [0.1, 0.15) is 11.4 Å². The Hall–Kier alpha value is -2.40. The number of aromatic nitrogens is 1. The highest BCUT2D eigenvalue weighted by molar-refractivity contribution is 5.96. The molecule has 0 spiro atoms. The summed E-state index contributed by atoms with van der Waals surface area (Å²) in [4.78, 5) is 22.1. The average Bonchev–Trinajstić information content (AvgIpc) is 2.68. The number of ether oxygens (including phenoxy) is 1. The lowest BCUT2D eigenvalue weighted by Crippen LogP contribution is -2.40. The van der Waals surface area contributed by atoms with Crippen molar-refractivity contribution in [3.05, 3.63) is 54.2 Å². The number of likely N-dealkylation sites (tertiary alicyclic amines) is 1. The number of rotatable bonds is 4. The van der Waals surface area contributed by atoms with E-state index in [9.17, 15) is 4.79 Å². The van der Waals surface area contributed by atoms with E-state index in [0.717, 1.165) is 24.2 Å². The van der Waals surface area contributed by atoms with E-state index in [-0.39, 0.29) is 6.04 Å².